The molecular weight excluding hydrogens is 385 g/mol. The number of halogens is 2. The SMILES string of the molecule is CCc1ccccc1NC(=S)N1CCN(Cc2ccc(Cl)c(Cl)c2)CC1. The third kappa shape index (κ3) is 4.89. The first-order valence-corrected chi connectivity index (χ1v) is 10.0. The van der Waals surface area contributed by atoms with Crippen LogP contribution in [0.2, 0.25) is 10.0 Å². The minimum atomic E-state index is 0.601. The number of hydrogen-bond donors (Lipinski definition) is 1. The van der Waals surface area contributed by atoms with E-state index in [2.05, 4.69) is 40.2 Å². The Bertz CT molecular complexity index is 773. The van der Waals surface area contributed by atoms with Gasteiger partial charge in [0.15, 0.2) is 5.11 Å². The third-order valence-electron chi connectivity index (χ3n) is 4.69. The molecule has 2 aromatic rings. The fraction of sp³-hybridized carbons (Fsp3) is 0.350. The highest BCUT2D eigenvalue weighted by molar-refractivity contribution is 7.80. The third-order valence-corrected chi connectivity index (χ3v) is 5.79. The summed E-state index contributed by atoms with van der Waals surface area (Å²) in [4.78, 5) is 4.66. The molecule has 3 rings (SSSR count). The van der Waals surface area contributed by atoms with Gasteiger partial charge in [0.25, 0.3) is 0 Å². The highest BCUT2D eigenvalue weighted by Gasteiger charge is 2.19. The van der Waals surface area contributed by atoms with Gasteiger partial charge in [-0.2, -0.15) is 0 Å². The lowest BCUT2D eigenvalue weighted by Crippen LogP contribution is -2.49. The Morgan fingerprint density at radius 1 is 1.04 bits per heavy atom. The van der Waals surface area contributed by atoms with E-state index in [0.717, 1.165) is 49.9 Å². The predicted octanol–water partition coefficient (Wildman–Crippen LogP) is 5.07. The average molecular weight is 408 g/mol. The molecule has 1 aliphatic rings. The van der Waals surface area contributed by atoms with Crippen molar-refractivity contribution in [1.82, 2.24) is 9.80 Å². The number of para-hydroxylation sites is 1. The maximum atomic E-state index is 6.11. The molecule has 1 N–H and O–H groups in total. The molecule has 138 valence electrons. The number of thiocarbonyl (C=S) groups is 1. The summed E-state index contributed by atoms with van der Waals surface area (Å²) in [6, 6.07) is 14.2. The summed E-state index contributed by atoms with van der Waals surface area (Å²) in [5.74, 6) is 0. The molecule has 6 heteroatoms. The lowest BCUT2D eigenvalue weighted by atomic mass is 10.1. The van der Waals surface area contributed by atoms with E-state index in [9.17, 15) is 0 Å². The smallest absolute Gasteiger partial charge is 0.173 e. The quantitative estimate of drug-likeness (QED) is 0.712. The zero-order valence-corrected chi connectivity index (χ0v) is 17.2. The average Bonchev–Trinajstić information content (AvgIpc) is 2.66. The molecule has 0 aliphatic carbocycles. The molecule has 1 saturated heterocycles. The van der Waals surface area contributed by atoms with Crippen LogP contribution in [0.1, 0.15) is 18.1 Å². The summed E-state index contributed by atoms with van der Waals surface area (Å²) in [5.41, 5.74) is 3.58. The van der Waals surface area contributed by atoms with Gasteiger partial charge in [-0.05, 0) is 48.0 Å². The standard InChI is InChI=1S/C20H23Cl2N3S/c1-2-16-5-3-4-6-19(16)23-20(26)25-11-9-24(10-12-25)14-15-7-8-17(21)18(22)13-15/h3-8,13H,2,9-12,14H2,1H3,(H,23,26). The number of hydrogen-bond acceptors (Lipinski definition) is 2. The fourth-order valence-electron chi connectivity index (χ4n) is 3.15. The molecule has 26 heavy (non-hydrogen) atoms. The second-order valence-electron chi connectivity index (χ2n) is 6.45. The molecule has 1 fully saturated rings. The maximum absolute atomic E-state index is 6.11. The van der Waals surface area contributed by atoms with E-state index < -0.39 is 0 Å². The van der Waals surface area contributed by atoms with E-state index in [1.807, 2.05) is 24.3 Å². The van der Waals surface area contributed by atoms with Crippen LogP contribution in [0.3, 0.4) is 0 Å². The molecule has 0 bridgehead atoms. The van der Waals surface area contributed by atoms with Gasteiger partial charge >= 0.3 is 0 Å². The number of nitrogens with one attached hydrogen (secondary N) is 1. The molecular formula is C20H23Cl2N3S. The number of aryl methyl sites for hydroxylation is 1. The zero-order chi connectivity index (χ0) is 18.5. The lowest BCUT2D eigenvalue weighted by molar-refractivity contribution is 0.177. The van der Waals surface area contributed by atoms with Crippen LogP contribution in [0.4, 0.5) is 5.69 Å². The topological polar surface area (TPSA) is 18.5 Å². The van der Waals surface area contributed by atoms with Crippen molar-refractivity contribution in [2.24, 2.45) is 0 Å². The summed E-state index contributed by atoms with van der Waals surface area (Å²) in [6.45, 7) is 6.81. The molecule has 0 radical (unpaired) electrons. The van der Waals surface area contributed by atoms with Crippen LogP contribution in [-0.4, -0.2) is 41.1 Å². The van der Waals surface area contributed by atoms with Gasteiger partial charge < -0.3 is 10.2 Å². The summed E-state index contributed by atoms with van der Waals surface area (Å²) in [7, 11) is 0. The normalized spacial score (nSPS) is 15.1. The Kier molecular flexibility index (Phi) is 6.76. The number of nitrogens with zero attached hydrogens (tertiary/aromatic N) is 2. The summed E-state index contributed by atoms with van der Waals surface area (Å²) in [5, 5.41) is 5.44. The van der Waals surface area contributed by atoms with Crippen molar-refractivity contribution in [3.8, 4) is 0 Å². The van der Waals surface area contributed by atoms with Gasteiger partial charge in [0.05, 0.1) is 10.0 Å². The number of anilines is 1. The first-order chi connectivity index (χ1) is 12.6. The Morgan fingerprint density at radius 3 is 2.46 bits per heavy atom. The van der Waals surface area contributed by atoms with Crippen LogP contribution >= 0.6 is 35.4 Å². The minimum absolute atomic E-state index is 0.601. The second kappa shape index (κ2) is 9.05. The highest BCUT2D eigenvalue weighted by atomic mass is 35.5. The Balaban J connectivity index is 1.53. The van der Waals surface area contributed by atoms with Crippen molar-refractivity contribution in [1.29, 1.82) is 0 Å². The summed E-state index contributed by atoms with van der Waals surface area (Å²) >= 11 is 17.7. The van der Waals surface area contributed by atoms with Gasteiger partial charge in [0.2, 0.25) is 0 Å². The van der Waals surface area contributed by atoms with E-state index in [1.54, 1.807) is 0 Å². The van der Waals surface area contributed by atoms with E-state index in [-0.39, 0.29) is 0 Å². The molecule has 2 aromatic carbocycles. The van der Waals surface area contributed by atoms with E-state index in [4.69, 9.17) is 35.4 Å². The largest absolute Gasteiger partial charge is 0.346 e. The lowest BCUT2D eigenvalue weighted by Gasteiger charge is -2.36. The van der Waals surface area contributed by atoms with Gasteiger partial charge in [0, 0.05) is 38.4 Å². The first-order valence-electron chi connectivity index (χ1n) is 8.87. The maximum Gasteiger partial charge on any atom is 0.173 e. The van der Waals surface area contributed by atoms with E-state index in [1.165, 1.54) is 11.1 Å². The van der Waals surface area contributed by atoms with Crippen LogP contribution in [-0.2, 0) is 13.0 Å². The molecule has 0 amide bonds. The molecule has 0 unspecified atom stereocenters. The van der Waals surface area contributed by atoms with Crippen LogP contribution in [0.25, 0.3) is 0 Å². The Labute approximate surface area is 170 Å². The molecule has 0 aromatic heterocycles. The first kappa shape index (κ1) is 19.4. The fourth-order valence-corrected chi connectivity index (χ4v) is 3.76. The minimum Gasteiger partial charge on any atom is -0.346 e. The van der Waals surface area contributed by atoms with Gasteiger partial charge in [-0.15, -0.1) is 0 Å². The molecule has 3 nitrogen and oxygen atoms in total. The van der Waals surface area contributed by atoms with Gasteiger partial charge in [-0.1, -0.05) is 54.4 Å². The predicted molar refractivity (Wildman–Crippen MR) is 115 cm³/mol. The molecule has 1 aliphatic heterocycles. The zero-order valence-electron chi connectivity index (χ0n) is 14.8. The number of piperazine rings is 1. The van der Waals surface area contributed by atoms with Crippen molar-refractivity contribution in [2.75, 3.05) is 31.5 Å². The summed E-state index contributed by atoms with van der Waals surface area (Å²) in [6.07, 6.45) is 0.989. The number of benzene rings is 2. The number of rotatable bonds is 4. The Morgan fingerprint density at radius 2 is 1.77 bits per heavy atom. The molecule has 0 saturated carbocycles. The van der Waals surface area contributed by atoms with Crippen LogP contribution in [0.5, 0.6) is 0 Å². The van der Waals surface area contributed by atoms with Gasteiger partial charge in [0.1, 0.15) is 0 Å². The molecule has 0 atom stereocenters. The van der Waals surface area contributed by atoms with Crippen LogP contribution < -0.4 is 5.32 Å². The highest BCUT2D eigenvalue weighted by Crippen LogP contribution is 2.23. The van der Waals surface area contributed by atoms with Crippen LogP contribution in [0, 0.1) is 0 Å². The van der Waals surface area contributed by atoms with E-state index in [0.29, 0.717) is 10.0 Å². The second-order valence-corrected chi connectivity index (χ2v) is 7.65. The van der Waals surface area contributed by atoms with E-state index >= 15 is 0 Å². The van der Waals surface area contributed by atoms with Gasteiger partial charge in [-0.25, -0.2) is 0 Å². The molecule has 1 heterocycles. The van der Waals surface area contributed by atoms with Crippen LogP contribution in [0.15, 0.2) is 42.5 Å². The monoisotopic (exact) mass is 407 g/mol. The van der Waals surface area contributed by atoms with Crippen molar-refractivity contribution in [3.05, 3.63) is 63.6 Å². The van der Waals surface area contributed by atoms with Crippen molar-refractivity contribution in [2.45, 2.75) is 19.9 Å². The Hall–Kier alpha value is -1.33. The van der Waals surface area contributed by atoms with Crippen molar-refractivity contribution >= 4 is 46.2 Å². The molecule has 0 spiro atoms. The summed E-state index contributed by atoms with van der Waals surface area (Å²) < 4.78 is 0. The van der Waals surface area contributed by atoms with Crippen molar-refractivity contribution in [3.63, 3.8) is 0 Å². The van der Waals surface area contributed by atoms with Crippen molar-refractivity contribution < 1.29 is 0 Å². The van der Waals surface area contributed by atoms with Gasteiger partial charge in [-0.3, -0.25) is 4.90 Å².